The van der Waals surface area contributed by atoms with Crippen LogP contribution in [0.5, 0.6) is 0 Å². The molecule has 1 aromatic heterocycles. The van der Waals surface area contributed by atoms with Crippen molar-refractivity contribution in [3.63, 3.8) is 0 Å². The summed E-state index contributed by atoms with van der Waals surface area (Å²) in [5, 5.41) is 3.58. The molecule has 0 saturated carbocycles. The van der Waals surface area contributed by atoms with Crippen LogP contribution in [-0.4, -0.2) is 29.0 Å². The summed E-state index contributed by atoms with van der Waals surface area (Å²) >= 11 is 0. The number of nitrogens with zero attached hydrogens (tertiary/aromatic N) is 2. The number of nitrogens with one attached hydrogen (secondary N) is 1. The molecule has 1 fully saturated rings. The number of benzene rings is 1. The van der Waals surface area contributed by atoms with Gasteiger partial charge in [-0.15, -0.1) is 0 Å². The van der Waals surface area contributed by atoms with Crippen molar-refractivity contribution >= 4 is 0 Å². The molecule has 0 bridgehead atoms. The molecule has 4 heteroatoms. The van der Waals surface area contributed by atoms with Crippen LogP contribution >= 0.6 is 0 Å². The third-order valence-corrected chi connectivity index (χ3v) is 4.22. The lowest BCUT2D eigenvalue weighted by Gasteiger charge is -2.42. The second-order valence-electron chi connectivity index (χ2n) is 5.92. The quantitative estimate of drug-likeness (QED) is 0.941. The van der Waals surface area contributed by atoms with Gasteiger partial charge in [0.25, 0.3) is 0 Å². The van der Waals surface area contributed by atoms with Gasteiger partial charge in [-0.2, -0.15) is 0 Å². The van der Waals surface area contributed by atoms with Crippen LogP contribution in [0.1, 0.15) is 43.1 Å². The number of aryl methyl sites for hydroxylation is 1. The Balaban J connectivity index is 1.88. The fourth-order valence-corrected chi connectivity index (χ4v) is 3.06. The third kappa shape index (κ3) is 3.01. The van der Waals surface area contributed by atoms with Gasteiger partial charge in [0.1, 0.15) is 5.76 Å². The minimum absolute atomic E-state index is 0.174. The number of aromatic nitrogens is 1. The summed E-state index contributed by atoms with van der Waals surface area (Å²) in [5.74, 6) is 1.68. The lowest BCUT2D eigenvalue weighted by molar-refractivity contribution is 0.0788. The van der Waals surface area contributed by atoms with Crippen LogP contribution in [0.25, 0.3) is 0 Å². The molecule has 0 amide bonds. The number of oxazole rings is 1. The number of piperazine rings is 1. The zero-order valence-corrected chi connectivity index (χ0v) is 12.9. The van der Waals surface area contributed by atoms with Gasteiger partial charge in [0.15, 0.2) is 0 Å². The van der Waals surface area contributed by atoms with E-state index in [1.165, 1.54) is 5.56 Å². The highest BCUT2D eigenvalue weighted by Crippen LogP contribution is 2.32. The van der Waals surface area contributed by atoms with Crippen LogP contribution in [0, 0.1) is 6.92 Å². The molecular formula is C17H23N3O. The van der Waals surface area contributed by atoms with Gasteiger partial charge in [-0.25, -0.2) is 4.98 Å². The zero-order chi connectivity index (χ0) is 14.8. The molecular weight excluding hydrogens is 262 g/mol. The van der Waals surface area contributed by atoms with Crippen LogP contribution in [0.2, 0.25) is 0 Å². The molecule has 3 unspecified atom stereocenters. The van der Waals surface area contributed by atoms with E-state index in [9.17, 15) is 0 Å². The molecule has 0 spiro atoms. The summed E-state index contributed by atoms with van der Waals surface area (Å²) in [6, 6.07) is 11.7. The van der Waals surface area contributed by atoms with Gasteiger partial charge in [-0.3, -0.25) is 4.90 Å². The first kappa shape index (κ1) is 14.3. The molecule has 1 N–H and O–H groups in total. The maximum atomic E-state index is 5.74. The third-order valence-electron chi connectivity index (χ3n) is 4.22. The minimum atomic E-state index is 0.174. The molecule has 1 aromatic carbocycles. The van der Waals surface area contributed by atoms with Gasteiger partial charge in [0.2, 0.25) is 5.89 Å². The highest BCUT2D eigenvalue weighted by atomic mass is 16.4. The molecule has 3 atom stereocenters. The molecule has 0 radical (unpaired) electrons. The Labute approximate surface area is 126 Å². The fourth-order valence-electron chi connectivity index (χ4n) is 3.06. The maximum absolute atomic E-state index is 5.74. The average Bonchev–Trinajstić information content (AvgIpc) is 2.94. The van der Waals surface area contributed by atoms with Crippen molar-refractivity contribution in [3.05, 3.63) is 53.7 Å². The van der Waals surface area contributed by atoms with Gasteiger partial charge in [0, 0.05) is 25.2 Å². The van der Waals surface area contributed by atoms with E-state index in [0.717, 1.165) is 24.7 Å². The van der Waals surface area contributed by atoms with Crippen LogP contribution in [0.3, 0.4) is 0 Å². The van der Waals surface area contributed by atoms with Crippen molar-refractivity contribution in [1.82, 2.24) is 15.2 Å². The molecule has 3 rings (SSSR count). The average molecular weight is 285 g/mol. The topological polar surface area (TPSA) is 41.3 Å². The molecule has 2 aromatic rings. The van der Waals surface area contributed by atoms with Gasteiger partial charge in [0.05, 0.1) is 12.2 Å². The predicted molar refractivity (Wildman–Crippen MR) is 83.0 cm³/mol. The summed E-state index contributed by atoms with van der Waals surface area (Å²) in [7, 11) is 0. The van der Waals surface area contributed by atoms with Crippen LogP contribution in [0.15, 0.2) is 40.9 Å². The fraction of sp³-hybridized carbons (Fsp3) is 0.471. The molecule has 4 nitrogen and oxygen atoms in total. The highest BCUT2D eigenvalue weighted by Gasteiger charge is 2.32. The van der Waals surface area contributed by atoms with Crippen molar-refractivity contribution in [2.75, 3.05) is 13.1 Å². The second-order valence-corrected chi connectivity index (χ2v) is 5.92. The second kappa shape index (κ2) is 6.00. The van der Waals surface area contributed by atoms with Crippen molar-refractivity contribution in [1.29, 1.82) is 0 Å². The summed E-state index contributed by atoms with van der Waals surface area (Å²) in [6.07, 6.45) is 1.80. The number of hydrogen-bond donors (Lipinski definition) is 1. The standard InChI is InChI=1S/C17H23N3O/c1-12-11-20(14(3)17-19-9-13(2)21-17)16(10-18-12)15-7-5-4-6-8-15/h4-9,12,14,16,18H,10-11H2,1-3H3. The van der Waals surface area contributed by atoms with Crippen LogP contribution < -0.4 is 5.32 Å². The minimum Gasteiger partial charge on any atom is -0.444 e. The Morgan fingerprint density at radius 1 is 1.33 bits per heavy atom. The van der Waals surface area contributed by atoms with E-state index in [0.29, 0.717) is 12.1 Å². The van der Waals surface area contributed by atoms with Gasteiger partial charge >= 0.3 is 0 Å². The smallest absolute Gasteiger partial charge is 0.211 e. The van der Waals surface area contributed by atoms with E-state index < -0.39 is 0 Å². The summed E-state index contributed by atoms with van der Waals surface area (Å²) in [4.78, 5) is 6.90. The summed E-state index contributed by atoms with van der Waals surface area (Å²) in [6.45, 7) is 8.29. The summed E-state index contributed by atoms with van der Waals surface area (Å²) < 4.78 is 5.74. The lowest BCUT2D eigenvalue weighted by Crippen LogP contribution is -2.51. The Hall–Kier alpha value is -1.65. The van der Waals surface area contributed by atoms with E-state index in [1.54, 1.807) is 6.20 Å². The molecule has 0 aliphatic carbocycles. The Bertz CT molecular complexity index is 581. The highest BCUT2D eigenvalue weighted by molar-refractivity contribution is 5.21. The number of hydrogen-bond acceptors (Lipinski definition) is 4. The van der Waals surface area contributed by atoms with Gasteiger partial charge < -0.3 is 9.73 Å². The molecule has 1 aliphatic rings. The van der Waals surface area contributed by atoms with Crippen molar-refractivity contribution < 1.29 is 4.42 Å². The van der Waals surface area contributed by atoms with E-state index >= 15 is 0 Å². The zero-order valence-electron chi connectivity index (χ0n) is 12.9. The maximum Gasteiger partial charge on any atom is 0.211 e. The van der Waals surface area contributed by atoms with Crippen molar-refractivity contribution in [2.24, 2.45) is 0 Å². The normalized spacial score (nSPS) is 24.9. The van der Waals surface area contributed by atoms with Crippen molar-refractivity contribution in [3.8, 4) is 0 Å². The van der Waals surface area contributed by atoms with E-state index in [4.69, 9.17) is 4.42 Å². The van der Waals surface area contributed by atoms with E-state index in [-0.39, 0.29) is 6.04 Å². The molecule has 112 valence electrons. The Kier molecular flexibility index (Phi) is 4.08. The largest absolute Gasteiger partial charge is 0.444 e. The first-order chi connectivity index (χ1) is 10.1. The SMILES string of the molecule is Cc1cnc(C(C)N2CC(C)NCC2c2ccccc2)o1. The van der Waals surface area contributed by atoms with E-state index in [1.807, 2.05) is 6.92 Å². The van der Waals surface area contributed by atoms with Crippen LogP contribution in [0.4, 0.5) is 0 Å². The Morgan fingerprint density at radius 3 is 2.76 bits per heavy atom. The first-order valence-electron chi connectivity index (χ1n) is 7.61. The lowest BCUT2D eigenvalue weighted by atomic mass is 9.99. The van der Waals surface area contributed by atoms with E-state index in [2.05, 4.69) is 59.4 Å². The number of rotatable bonds is 3. The molecule has 1 aliphatic heterocycles. The first-order valence-corrected chi connectivity index (χ1v) is 7.61. The van der Waals surface area contributed by atoms with Gasteiger partial charge in [-0.1, -0.05) is 30.3 Å². The predicted octanol–water partition coefficient (Wildman–Crippen LogP) is 3.08. The van der Waals surface area contributed by atoms with Crippen molar-refractivity contribution in [2.45, 2.75) is 38.9 Å². The van der Waals surface area contributed by atoms with Gasteiger partial charge in [-0.05, 0) is 26.3 Å². The van der Waals surface area contributed by atoms with Crippen LogP contribution in [-0.2, 0) is 0 Å². The molecule has 21 heavy (non-hydrogen) atoms. The molecule has 1 saturated heterocycles. The summed E-state index contributed by atoms with van der Waals surface area (Å²) in [5.41, 5.74) is 1.34. The Morgan fingerprint density at radius 2 is 2.10 bits per heavy atom. The monoisotopic (exact) mass is 285 g/mol. The molecule has 2 heterocycles.